The second-order valence-corrected chi connectivity index (χ2v) is 3.91. The normalized spacial score (nSPS) is 10.2. The molecular weight excluding hydrogens is 202 g/mol. The van der Waals surface area contributed by atoms with Crippen molar-refractivity contribution in [2.45, 2.75) is 33.1 Å². The van der Waals surface area contributed by atoms with Gasteiger partial charge in [-0.1, -0.05) is 19.4 Å². The monoisotopic (exact) mass is 221 g/mol. The van der Waals surface area contributed by atoms with Crippen LogP contribution in [0.2, 0.25) is 0 Å². The quantitative estimate of drug-likeness (QED) is 0.628. The van der Waals surface area contributed by atoms with Gasteiger partial charge in [0.15, 0.2) is 0 Å². The summed E-state index contributed by atoms with van der Waals surface area (Å²) in [6, 6.07) is 3.72. The van der Waals surface area contributed by atoms with E-state index in [4.69, 9.17) is 5.73 Å². The number of unbranched alkanes of at least 4 members (excludes halogenated alkanes) is 1. The minimum Gasteiger partial charge on any atom is -0.465 e. The molecule has 88 valence electrons. The first-order valence-electron chi connectivity index (χ1n) is 5.58. The molecule has 0 bridgehead atoms. The van der Waals surface area contributed by atoms with E-state index in [0.29, 0.717) is 11.3 Å². The maximum Gasteiger partial charge on any atom is 0.339 e. The molecular formula is C13H19NO2. The standard InChI is InChI=1S/C13H19NO2/c1-4-5-6-10-7-8-11(13(15)16-3)12(14)9(10)2/h7-8H,4-6,14H2,1-3H3. The third-order valence-corrected chi connectivity index (χ3v) is 2.83. The van der Waals surface area contributed by atoms with Crippen molar-refractivity contribution in [3.63, 3.8) is 0 Å². The first-order valence-corrected chi connectivity index (χ1v) is 5.58. The van der Waals surface area contributed by atoms with Crippen LogP contribution in [0.5, 0.6) is 0 Å². The van der Waals surface area contributed by atoms with Crippen LogP contribution in [0.3, 0.4) is 0 Å². The van der Waals surface area contributed by atoms with E-state index in [9.17, 15) is 4.79 Å². The number of benzene rings is 1. The van der Waals surface area contributed by atoms with E-state index in [1.807, 2.05) is 13.0 Å². The van der Waals surface area contributed by atoms with Crippen LogP contribution in [0.4, 0.5) is 5.69 Å². The van der Waals surface area contributed by atoms with E-state index >= 15 is 0 Å². The maximum absolute atomic E-state index is 11.4. The summed E-state index contributed by atoms with van der Waals surface area (Å²) in [7, 11) is 1.36. The van der Waals surface area contributed by atoms with Gasteiger partial charge in [-0.3, -0.25) is 0 Å². The van der Waals surface area contributed by atoms with Gasteiger partial charge in [0.05, 0.1) is 12.7 Å². The van der Waals surface area contributed by atoms with Gasteiger partial charge in [-0.2, -0.15) is 0 Å². The molecule has 0 fully saturated rings. The Morgan fingerprint density at radius 1 is 1.44 bits per heavy atom. The zero-order valence-corrected chi connectivity index (χ0v) is 10.2. The van der Waals surface area contributed by atoms with Crippen LogP contribution >= 0.6 is 0 Å². The minimum atomic E-state index is -0.373. The smallest absolute Gasteiger partial charge is 0.339 e. The number of esters is 1. The van der Waals surface area contributed by atoms with E-state index in [1.165, 1.54) is 12.7 Å². The van der Waals surface area contributed by atoms with Gasteiger partial charge >= 0.3 is 5.97 Å². The minimum absolute atomic E-state index is 0.373. The highest BCUT2D eigenvalue weighted by Crippen LogP contribution is 2.23. The lowest BCUT2D eigenvalue weighted by Crippen LogP contribution is -2.08. The molecule has 1 aromatic carbocycles. The number of rotatable bonds is 4. The molecule has 0 aliphatic heterocycles. The Balaban J connectivity index is 3.03. The summed E-state index contributed by atoms with van der Waals surface area (Å²) in [6.45, 7) is 4.11. The number of nitrogens with two attached hydrogens (primary N) is 1. The van der Waals surface area contributed by atoms with E-state index in [0.717, 1.165) is 24.8 Å². The second kappa shape index (κ2) is 5.54. The van der Waals surface area contributed by atoms with Gasteiger partial charge in [0, 0.05) is 5.69 Å². The molecule has 0 saturated heterocycles. The Bertz CT molecular complexity index is 386. The van der Waals surface area contributed by atoms with Crippen molar-refractivity contribution in [3.05, 3.63) is 28.8 Å². The second-order valence-electron chi connectivity index (χ2n) is 3.91. The van der Waals surface area contributed by atoms with Gasteiger partial charge in [0.1, 0.15) is 0 Å². The maximum atomic E-state index is 11.4. The molecule has 0 heterocycles. The van der Waals surface area contributed by atoms with Gasteiger partial charge in [-0.15, -0.1) is 0 Å². The van der Waals surface area contributed by atoms with Crippen molar-refractivity contribution in [1.82, 2.24) is 0 Å². The molecule has 16 heavy (non-hydrogen) atoms. The van der Waals surface area contributed by atoms with Crippen molar-refractivity contribution in [2.24, 2.45) is 0 Å². The van der Waals surface area contributed by atoms with Gasteiger partial charge in [-0.05, 0) is 37.0 Å². The zero-order valence-electron chi connectivity index (χ0n) is 10.2. The Hall–Kier alpha value is -1.51. The summed E-state index contributed by atoms with van der Waals surface area (Å²) in [5.74, 6) is -0.373. The molecule has 2 N–H and O–H groups in total. The lowest BCUT2D eigenvalue weighted by molar-refractivity contribution is 0.0602. The first kappa shape index (κ1) is 12.6. The molecule has 0 amide bonds. The average molecular weight is 221 g/mol. The molecule has 1 rings (SSSR count). The third kappa shape index (κ3) is 2.54. The molecule has 0 aliphatic carbocycles. The third-order valence-electron chi connectivity index (χ3n) is 2.83. The molecule has 3 nitrogen and oxygen atoms in total. The van der Waals surface area contributed by atoms with E-state index < -0.39 is 0 Å². The fourth-order valence-electron chi connectivity index (χ4n) is 1.70. The SMILES string of the molecule is CCCCc1ccc(C(=O)OC)c(N)c1C. The fourth-order valence-corrected chi connectivity index (χ4v) is 1.70. The Morgan fingerprint density at radius 2 is 2.12 bits per heavy atom. The zero-order chi connectivity index (χ0) is 12.1. The number of ether oxygens (including phenoxy) is 1. The van der Waals surface area contributed by atoms with Crippen LogP contribution in [-0.4, -0.2) is 13.1 Å². The number of aryl methyl sites for hydroxylation is 1. The summed E-state index contributed by atoms with van der Waals surface area (Å²) >= 11 is 0. The molecule has 0 atom stereocenters. The lowest BCUT2D eigenvalue weighted by atomic mass is 9.98. The number of hydrogen-bond acceptors (Lipinski definition) is 3. The first-order chi connectivity index (χ1) is 7.61. The van der Waals surface area contributed by atoms with Crippen LogP contribution in [0.1, 0.15) is 41.3 Å². The van der Waals surface area contributed by atoms with Gasteiger partial charge in [-0.25, -0.2) is 4.79 Å². The highest BCUT2D eigenvalue weighted by Gasteiger charge is 2.13. The van der Waals surface area contributed by atoms with Crippen molar-refractivity contribution < 1.29 is 9.53 Å². The molecule has 0 aromatic heterocycles. The Labute approximate surface area is 96.6 Å². The summed E-state index contributed by atoms with van der Waals surface area (Å²) in [5, 5.41) is 0. The highest BCUT2D eigenvalue weighted by atomic mass is 16.5. The number of hydrogen-bond donors (Lipinski definition) is 1. The highest BCUT2D eigenvalue weighted by molar-refractivity contribution is 5.96. The van der Waals surface area contributed by atoms with Crippen molar-refractivity contribution >= 4 is 11.7 Å². The van der Waals surface area contributed by atoms with Crippen LogP contribution in [-0.2, 0) is 11.2 Å². The van der Waals surface area contributed by atoms with Crippen LogP contribution in [0.15, 0.2) is 12.1 Å². The Morgan fingerprint density at radius 3 is 2.69 bits per heavy atom. The van der Waals surface area contributed by atoms with E-state index in [2.05, 4.69) is 11.7 Å². The van der Waals surface area contributed by atoms with E-state index in [1.54, 1.807) is 6.07 Å². The van der Waals surface area contributed by atoms with E-state index in [-0.39, 0.29) is 5.97 Å². The predicted molar refractivity (Wildman–Crippen MR) is 65.5 cm³/mol. The number of nitrogen functional groups attached to an aromatic ring is 1. The number of methoxy groups -OCH3 is 1. The summed E-state index contributed by atoms with van der Waals surface area (Å²) in [4.78, 5) is 11.4. The van der Waals surface area contributed by atoms with Crippen LogP contribution < -0.4 is 5.73 Å². The predicted octanol–water partition coefficient (Wildman–Crippen LogP) is 2.71. The Kier molecular flexibility index (Phi) is 4.35. The van der Waals surface area contributed by atoms with Gasteiger partial charge < -0.3 is 10.5 Å². The molecule has 0 radical (unpaired) electrons. The summed E-state index contributed by atoms with van der Waals surface area (Å²) in [6.07, 6.45) is 3.30. The molecule has 1 aromatic rings. The number of carbonyl (C=O) groups excluding carboxylic acids is 1. The van der Waals surface area contributed by atoms with Gasteiger partial charge in [0.2, 0.25) is 0 Å². The molecule has 0 spiro atoms. The largest absolute Gasteiger partial charge is 0.465 e. The van der Waals surface area contributed by atoms with Crippen molar-refractivity contribution in [1.29, 1.82) is 0 Å². The summed E-state index contributed by atoms with van der Waals surface area (Å²) < 4.78 is 4.67. The molecule has 0 saturated carbocycles. The number of anilines is 1. The molecule has 0 unspecified atom stereocenters. The summed E-state index contributed by atoms with van der Waals surface area (Å²) in [5.41, 5.74) is 9.14. The topological polar surface area (TPSA) is 52.3 Å². The number of carbonyl (C=O) groups is 1. The molecule has 0 aliphatic rings. The molecule has 3 heteroatoms. The van der Waals surface area contributed by atoms with Crippen LogP contribution in [0, 0.1) is 6.92 Å². The lowest BCUT2D eigenvalue weighted by Gasteiger charge is -2.11. The van der Waals surface area contributed by atoms with Crippen molar-refractivity contribution in [2.75, 3.05) is 12.8 Å². The van der Waals surface area contributed by atoms with Gasteiger partial charge in [0.25, 0.3) is 0 Å². The fraction of sp³-hybridized carbons (Fsp3) is 0.462. The van der Waals surface area contributed by atoms with Crippen molar-refractivity contribution in [3.8, 4) is 0 Å². The van der Waals surface area contributed by atoms with Crippen LogP contribution in [0.25, 0.3) is 0 Å². The average Bonchev–Trinajstić information content (AvgIpc) is 2.30.